The van der Waals surface area contributed by atoms with Gasteiger partial charge in [0, 0.05) is 38.5 Å². The van der Waals surface area contributed by atoms with Crippen molar-refractivity contribution in [1.82, 2.24) is 9.88 Å². The second-order valence-corrected chi connectivity index (χ2v) is 6.16. The van der Waals surface area contributed by atoms with Gasteiger partial charge in [-0.15, -0.1) is 0 Å². The summed E-state index contributed by atoms with van der Waals surface area (Å²) in [5, 5.41) is 9.20. The zero-order valence-corrected chi connectivity index (χ0v) is 13.5. The van der Waals surface area contributed by atoms with Crippen LogP contribution in [0.15, 0.2) is 18.3 Å². The van der Waals surface area contributed by atoms with Crippen LogP contribution in [0.3, 0.4) is 0 Å². The number of amides is 1. The van der Waals surface area contributed by atoms with Crippen molar-refractivity contribution < 1.29 is 14.6 Å². The molecular formula is C17H25N3O3. The number of morpholine rings is 1. The lowest BCUT2D eigenvalue weighted by Gasteiger charge is -2.35. The van der Waals surface area contributed by atoms with Crippen LogP contribution in [0, 0.1) is 0 Å². The molecule has 1 aromatic heterocycles. The van der Waals surface area contributed by atoms with E-state index in [0.717, 1.165) is 57.9 Å². The van der Waals surface area contributed by atoms with Crippen LogP contribution in [-0.2, 0) is 4.74 Å². The number of aromatic nitrogens is 1. The van der Waals surface area contributed by atoms with Crippen molar-refractivity contribution in [3.05, 3.63) is 23.9 Å². The number of aliphatic hydroxyl groups is 1. The van der Waals surface area contributed by atoms with E-state index < -0.39 is 0 Å². The van der Waals surface area contributed by atoms with Crippen molar-refractivity contribution in [2.24, 2.45) is 0 Å². The standard InChI is InChI=1S/C17H25N3O3/c21-10-6-15-3-1-2-7-20(15)17(22)14-4-5-16(18-13-14)19-8-11-23-12-9-19/h4-5,13,15,21H,1-3,6-12H2. The maximum Gasteiger partial charge on any atom is 0.255 e. The Bertz CT molecular complexity index is 512. The van der Waals surface area contributed by atoms with Gasteiger partial charge in [-0.25, -0.2) is 4.98 Å². The van der Waals surface area contributed by atoms with Crippen molar-refractivity contribution in [1.29, 1.82) is 0 Å². The fourth-order valence-corrected chi connectivity index (χ4v) is 3.37. The lowest BCUT2D eigenvalue weighted by Crippen LogP contribution is -2.44. The number of carbonyl (C=O) groups excluding carboxylic acids is 1. The largest absolute Gasteiger partial charge is 0.396 e. The zero-order chi connectivity index (χ0) is 16.1. The molecule has 6 heteroatoms. The molecule has 0 saturated carbocycles. The Hall–Kier alpha value is -1.66. The summed E-state index contributed by atoms with van der Waals surface area (Å²) in [7, 11) is 0. The molecule has 1 unspecified atom stereocenters. The minimum Gasteiger partial charge on any atom is -0.396 e. The number of nitrogens with zero attached hydrogens (tertiary/aromatic N) is 3. The molecule has 0 radical (unpaired) electrons. The molecule has 2 aliphatic heterocycles. The number of aliphatic hydroxyl groups excluding tert-OH is 1. The van der Waals surface area contributed by atoms with Crippen molar-refractivity contribution in [3.8, 4) is 0 Å². The maximum atomic E-state index is 12.7. The van der Waals surface area contributed by atoms with Crippen LogP contribution < -0.4 is 4.90 Å². The number of hydrogen-bond donors (Lipinski definition) is 1. The summed E-state index contributed by atoms with van der Waals surface area (Å²) >= 11 is 0. The van der Waals surface area contributed by atoms with Crippen LogP contribution in [0.2, 0.25) is 0 Å². The van der Waals surface area contributed by atoms with Crippen LogP contribution in [-0.4, -0.2) is 66.4 Å². The average molecular weight is 319 g/mol. The number of piperidine rings is 1. The van der Waals surface area contributed by atoms with Crippen LogP contribution in [0.5, 0.6) is 0 Å². The zero-order valence-electron chi connectivity index (χ0n) is 13.5. The summed E-state index contributed by atoms with van der Waals surface area (Å²) in [5.74, 6) is 0.930. The van der Waals surface area contributed by atoms with Crippen molar-refractivity contribution in [2.75, 3.05) is 44.4 Å². The van der Waals surface area contributed by atoms with E-state index in [2.05, 4.69) is 9.88 Å². The summed E-state index contributed by atoms with van der Waals surface area (Å²) in [6.45, 7) is 4.02. The fraction of sp³-hybridized carbons (Fsp3) is 0.647. The van der Waals surface area contributed by atoms with Gasteiger partial charge < -0.3 is 19.6 Å². The fourth-order valence-electron chi connectivity index (χ4n) is 3.37. The molecule has 2 aliphatic rings. The van der Waals surface area contributed by atoms with E-state index in [9.17, 15) is 9.90 Å². The van der Waals surface area contributed by atoms with Gasteiger partial charge in [0.1, 0.15) is 5.82 Å². The number of pyridine rings is 1. The van der Waals surface area contributed by atoms with Gasteiger partial charge in [-0.3, -0.25) is 4.79 Å². The molecule has 0 aromatic carbocycles. The first-order valence-electron chi connectivity index (χ1n) is 8.50. The number of carbonyl (C=O) groups is 1. The smallest absolute Gasteiger partial charge is 0.255 e. The summed E-state index contributed by atoms with van der Waals surface area (Å²) < 4.78 is 5.35. The molecule has 3 rings (SSSR count). The number of rotatable bonds is 4. The highest BCUT2D eigenvalue weighted by atomic mass is 16.5. The average Bonchev–Trinajstić information content (AvgIpc) is 2.63. The van der Waals surface area contributed by atoms with Gasteiger partial charge in [-0.1, -0.05) is 0 Å². The minimum atomic E-state index is 0.0316. The van der Waals surface area contributed by atoms with E-state index in [1.165, 1.54) is 0 Å². The van der Waals surface area contributed by atoms with Crippen molar-refractivity contribution in [2.45, 2.75) is 31.7 Å². The molecule has 6 nitrogen and oxygen atoms in total. The van der Waals surface area contributed by atoms with Gasteiger partial charge in [-0.05, 0) is 37.8 Å². The Kier molecular flexibility index (Phi) is 5.46. The highest BCUT2D eigenvalue weighted by Gasteiger charge is 2.27. The SMILES string of the molecule is O=C(c1ccc(N2CCOCC2)nc1)N1CCCCC1CCO. The second-order valence-electron chi connectivity index (χ2n) is 6.16. The molecule has 126 valence electrons. The summed E-state index contributed by atoms with van der Waals surface area (Å²) in [6, 6.07) is 3.94. The molecule has 0 bridgehead atoms. The first kappa shape index (κ1) is 16.2. The predicted octanol–water partition coefficient (Wildman–Crippen LogP) is 1.30. The molecule has 2 fully saturated rings. The molecular weight excluding hydrogens is 294 g/mol. The van der Waals surface area contributed by atoms with Gasteiger partial charge in [0.25, 0.3) is 5.91 Å². The third-order valence-electron chi connectivity index (χ3n) is 4.68. The topological polar surface area (TPSA) is 65.9 Å². The van der Waals surface area contributed by atoms with E-state index in [1.807, 2.05) is 17.0 Å². The first-order chi connectivity index (χ1) is 11.3. The van der Waals surface area contributed by atoms with Crippen molar-refractivity contribution >= 4 is 11.7 Å². The summed E-state index contributed by atoms with van der Waals surface area (Å²) in [4.78, 5) is 21.3. The van der Waals surface area contributed by atoms with Gasteiger partial charge in [0.15, 0.2) is 0 Å². The third-order valence-corrected chi connectivity index (χ3v) is 4.68. The van der Waals surface area contributed by atoms with Gasteiger partial charge >= 0.3 is 0 Å². The molecule has 1 atom stereocenters. The lowest BCUT2D eigenvalue weighted by molar-refractivity contribution is 0.0574. The second kappa shape index (κ2) is 7.75. The van der Waals surface area contributed by atoms with Gasteiger partial charge in [0.2, 0.25) is 0 Å². The molecule has 1 N–H and O–H groups in total. The van der Waals surface area contributed by atoms with Crippen LogP contribution >= 0.6 is 0 Å². The Morgan fingerprint density at radius 1 is 1.26 bits per heavy atom. The molecule has 3 heterocycles. The van der Waals surface area contributed by atoms with E-state index in [4.69, 9.17) is 4.74 Å². The normalized spacial score (nSPS) is 22.2. The third kappa shape index (κ3) is 3.82. The van der Waals surface area contributed by atoms with Crippen molar-refractivity contribution in [3.63, 3.8) is 0 Å². The number of likely N-dealkylation sites (tertiary alicyclic amines) is 1. The molecule has 0 spiro atoms. The monoisotopic (exact) mass is 319 g/mol. The Morgan fingerprint density at radius 3 is 2.78 bits per heavy atom. The quantitative estimate of drug-likeness (QED) is 0.906. The number of hydrogen-bond acceptors (Lipinski definition) is 5. The molecule has 1 aromatic rings. The highest BCUT2D eigenvalue weighted by Crippen LogP contribution is 2.22. The molecule has 23 heavy (non-hydrogen) atoms. The molecule has 1 amide bonds. The van der Waals surface area contributed by atoms with Crippen LogP contribution in [0.1, 0.15) is 36.0 Å². The highest BCUT2D eigenvalue weighted by molar-refractivity contribution is 5.94. The summed E-state index contributed by atoms with van der Waals surface area (Å²) in [5.41, 5.74) is 0.631. The van der Waals surface area contributed by atoms with Crippen LogP contribution in [0.25, 0.3) is 0 Å². The summed E-state index contributed by atoms with van der Waals surface area (Å²) in [6.07, 6.45) is 5.48. The van der Waals surface area contributed by atoms with Crippen LogP contribution in [0.4, 0.5) is 5.82 Å². The number of ether oxygens (including phenoxy) is 1. The molecule has 2 saturated heterocycles. The van der Waals surface area contributed by atoms with E-state index >= 15 is 0 Å². The predicted molar refractivity (Wildman–Crippen MR) is 87.6 cm³/mol. The van der Waals surface area contributed by atoms with E-state index in [1.54, 1.807) is 6.20 Å². The lowest BCUT2D eigenvalue weighted by atomic mass is 9.98. The maximum absolute atomic E-state index is 12.7. The molecule has 0 aliphatic carbocycles. The first-order valence-corrected chi connectivity index (χ1v) is 8.50. The van der Waals surface area contributed by atoms with Gasteiger partial charge in [0.05, 0.1) is 18.8 Å². The van der Waals surface area contributed by atoms with E-state index in [0.29, 0.717) is 12.0 Å². The Morgan fingerprint density at radius 2 is 2.09 bits per heavy atom. The Balaban J connectivity index is 1.69. The van der Waals surface area contributed by atoms with Gasteiger partial charge in [-0.2, -0.15) is 0 Å². The minimum absolute atomic E-state index is 0.0316. The van der Waals surface area contributed by atoms with E-state index in [-0.39, 0.29) is 18.6 Å². The Labute approximate surface area is 137 Å². The number of anilines is 1.